The average molecular weight is 308 g/mol. The molecule has 0 unspecified atom stereocenters. The molecule has 0 atom stereocenters. The summed E-state index contributed by atoms with van der Waals surface area (Å²) in [7, 11) is 4.00. The van der Waals surface area contributed by atoms with Crippen LogP contribution in [0, 0.1) is 13.8 Å². The lowest BCUT2D eigenvalue weighted by atomic mass is 10.1. The first-order valence-electron chi connectivity index (χ1n) is 5.98. The Hall–Kier alpha value is -1.13. The topological polar surface area (TPSA) is 29.9 Å². The molecule has 1 aromatic carbocycles. The number of hydrogen-bond donors (Lipinski definition) is 1. The van der Waals surface area contributed by atoms with E-state index in [1.807, 2.05) is 7.05 Å². The molecule has 1 N–H and O–H groups in total. The Labute approximate surface area is 116 Å². The summed E-state index contributed by atoms with van der Waals surface area (Å²) in [5.41, 5.74) is 4.86. The first-order valence-corrected chi connectivity index (χ1v) is 6.77. The van der Waals surface area contributed by atoms with Gasteiger partial charge in [0.05, 0.1) is 5.69 Å². The second-order valence-electron chi connectivity index (χ2n) is 4.58. The Kier molecular flexibility index (Phi) is 3.88. The van der Waals surface area contributed by atoms with Crippen LogP contribution in [-0.4, -0.2) is 16.6 Å². The van der Waals surface area contributed by atoms with Crippen molar-refractivity contribution in [2.24, 2.45) is 7.05 Å². The van der Waals surface area contributed by atoms with Gasteiger partial charge >= 0.3 is 0 Å². The van der Waals surface area contributed by atoms with Crippen molar-refractivity contribution in [1.82, 2.24) is 14.9 Å². The molecule has 18 heavy (non-hydrogen) atoms. The van der Waals surface area contributed by atoms with Crippen molar-refractivity contribution >= 4 is 15.9 Å². The van der Waals surface area contributed by atoms with Gasteiger partial charge in [0.15, 0.2) is 0 Å². The molecule has 1 heterocycles. The molecule has 2 aromatic rings. The molecule has 3 nitrogen and oxygen atoms in total. The number of nitrogens with one attached hydrogen (secondary N) is 1. The summed E-state index contributed by atoms with van der Waals surface area (Å²) >= 11 is 3.54. The van der Waals surface area contributed by atoms with Gasteiger partial charge in [-0.1, -0.05) is 17.7 Å². The monoisotopic (exact) mass is 307 g/mol. The summed E-state index contributed by atoms with van der Waals surface area (Å²) in [6, 6.07) is 6.46. The van der Waals surface area contributed by atoms with E-state index in [2.05, 4.69) is 69.9 Å². The summed E-state index contributed by atoms with van der Waals surface area (Å²) in [6.07, 6.45) is 0. The van der Waals surface area contributed by atoms with E-state index in [1.165, 1.54) is 16.7 Å². The minimum atomic E-state index is 0.801. The van der Waals surface area contributed by atoms with Gasteiger partial charge in [-0.3, -0.25) is 0 Å². The zero-order valence-corrected chi connectivity index (χ0v) is 12.8. The maximum absolute atomic E-state index is 4.64. The molecule has 0 saturated heterocycles. The van der Waals surface area contributed by atoms with Crippen LogP contribution in [0.1, 0.15) is 16.8 Å². The normalized spacial score (nSPS) is 10.9. The highest BCUT2D eigenvalue weighted by Crippen LogP contribution is 2.27. The van der Waals surface area contributed by atoms with Gasteiger partial charge in [-0.25, -0.2) is 4.98 Å². The highest BCUT2D eigenvalue weighted by Gasteiger charge is 2.15. The van der Waals surface area contributed by atoms with Gasteiger partial charge in [-0.2, -0.15) is 0 Å². The molecule has 0 bridgehead atoms. The van der Waals surface area contributed by atoms with E-state index in [-0.39, 0.29) is 0 Å². The van der Waals surface area contributed by atoms with Crippen molar-refractivity contribution in [1.29, 1.82) is 0 Å². The second-order valence-corrected chi connectivity index (χ2v) is 5.33. The predicted molar refractivity (Wildman–Crippen MR) is 78.6 cm³/mol. The maximum atomic E-state index is 4.64. The molecule has 0 spiro atoms. The SMILES string of the molecule is CNCc1c(Br)nc(-c2cc(C)ccc2C)n1C. The van der Waals surface area contributed by atoms with Crippen LogP contribution in [0.25, 0.3) is 11.4 Å². The molecular formula is C14H18BrN3. The lowest BCUT2D eigenvalue weighted by molar-refractivity contribution is 0.734. The molecule has 0 aliphatic heterocycles. The number of aryl methyl sites for hydroxylation is 2. The van der Waals surface area contributed by atoms with Crippen LogP contribution < -0.4 is 5.32 Å². The first-order chi connectivity index (χ1) is 8.54. The van der Waals surface area contributed by atoms with Gasteiger partial charge in [0.25, 0.3) is 0 Å². The third-order valence-corrected chi connectivity index (χ3v) is 3.78. The molecule has 0 aliphatic rings. The number of aromatic nitrogens is 2. The average Bonchev–Trinajstić information content (AvgIpc) is 2.61. The van der Waals surface area contributed by atoms with Gasteiger partial charge in [0.2, 0.25) is 0 Å². The van der Waals surface area contributed by atoms with Crippen molar-refractivity contribution in [2.45, 2.75) is 20.4 Å². The predicted octanol–water partition coefficient (Wildman–Crippen LogP) is 3.19. The minimum Gasteiger partial charge on any atom is -0.329 e. The van der Waals surface area contributed by atoms with Crippen molar-refractivity contribution in [3.8, 4) is 11.4 Å². The summed E-state index contributed by atoms with van der Waals surface area (Å²) < 4.78 is 3.05. The number of benzene rings is 1. The largest absolute Gasteiger partial charge is 0.329 e. The molecule has 0 aliphatic carbocycles. The van der Waals surface area contributed by atoms with Crippen LogP contribution in [0.4, 0.5) is 0 Å². The Morgan fingerprint density at radius 1 is 1.33 bits per heavy atom. The Bertz CT molecular complexity index is 573. The molecule has 0 fully saturated rings. The summed E-state index contributed by atoms with van der Waals surface area (Å²) in [6.45, 7) is 5.03. The molecule has 96 valence electrons. The van der Waals surface area contributed by atoms with E-state index in [0.29, 0.717) is 0 Å². The Balaban J connectivity index is 2.57. The number of imidazole rings is 1. The van der Waals surface area contributed by atoms with E-state index < -0.39 is 0 Å². The van der Waals surface area contributed by atoms with Gasteiger partial charge in [-0.15, -0.1) is 0 Å². The summed E-state index contributed by atoms with van der Waals surface area (Å²) in [5.74, 6) is 1.01. The fraction of sp³-hybridized carbons (Fsp3) is 0.357. The van der Waals surface area contributed by atoms with Crippen LogP contribution in [0.5, 0.6) is 0 Å². The molecule has 4 heteroatoms. The van der Waals surface area contributed by atoms with Crippen LogP contribution in [0.2, 0.25) is 0 Å². The number of halogens is 1. The number of nitrogens with zero attached hydrogens (tertiary/aromatic N) is 2. The molecule has 0 radical (unpaired) electrons. The Morgan fingerprint density at radius 3 is 2.72 bits per heavy atom. The number of hydrogen-bond acceptors (Lipinski definition) is 2. The number of rotatable bonds is 3. The second kappa shape index (κ2) is 5.24. The van der Waals surface area contributed by atoms with Crippen molar-refractivity contribution < 1.29 is 0 Å². The van der Waals surface area contributed by atoms with E-state index in [1.54, 1.807) is 0 Å². The van der Waals surface area contributed by atoms with E-state index in [4.69, 9.17) is 0 Å². The summed E-state index contributed by atoms with van der Waals surface area (Å²) in [5, 5.41) is 3.17. The lowest BCUT2D eigenvalue weighted by Gasteiger charge is -2.09. The van der Waals surface area contributed by atoms with E-state index >= 15 is 0 Å². The van der Waals surface area contributed by atoms with Crippen molar-refractivity contribution in [2.75, 3.05) is 7.05 Å². The smallest absolute Gasteiger partial charge is 0.141 e. The van der Waals surface area contributed by atoms with Crippen LogP contribution in [0.3, 0.4) is 0 Å². The zero-order valence-electron chi connectivity index (χ0n) is 11.2. The van der Waals surface area contributed by atoms with Crippen LogP contribution in [0.15, 0.2) is 22.8 Å². The minimum absolute atomic E-state index is 0.801. The highest BCUT2D eigenvalue weighted by atomic mass is 79.9. The molecule has 0 saturated carbocycles. The van der Waals surface area contributed by atoms with E-state index in [9.17, 15) is 0 Å². The molecule has 0 amide bonds. The standard InChI is InChI=1S/C14H18BrN3/c1-9-5-6-10(2)11(7-9)14-17-13(15)12(8-16-3)18(14)4/h5-7,16H,8H2,1-4H3. The highest BCUT2D eigenvalue weighted by molar-refractivity contribution is 9.10. The lowest BCUT2D eigenvalue weighted by Crippen LogP contribution is -2.10. The third-order valence-electron chi connectivity index (χ3n) is 3.14. The summed E-state index contributed by atoms with van der Waals surface area (Å²) in [4.78, 5) is 4.64. The zero-order chi connectivity index (χ0) is 13.3. The van der Waals surface area contributed by atoms with Crippen molar-refractivity contribution in [3.05, 3.63) is 39.6 Å². The van der Waals surface area contributed by atoms with Gasteiger partial charge in [-0.05, 0) is 48.5 Å². The first kappa shape index (κ1) is 13.3. The van der Waals surface area contributed by atoms with Crippen molar-refractivity contribution in [3.63, 3.8) is 0 Å². The van der Waals surface area contributed by atoms with Crippen LogP contribution in [-0.2, 0) is 13.6 Å². The van der Waals surface area contributed by atoms with Gasteiger partial charge in [0, 0.05) is 19.2 Å². The van der Waals surface area contributed by atoms with Gasteiger partial charge in [0.1, 0.15) is 10.4 Å². The molecule has 1 aromatic heterocycles. The molecular weight excluding hydrogens is 290 g/mol. The third kappa shape index (κ3) is 2.35. The van der Waals surface area contributed by atoms with E-state index in [0.717, 1.165) is 22.7 Å². The fourth-order valence-electron chi connectivity index (χ4n) is 2.08. The Morgan fingerprint density at radius 2 is 2.06 bits per heavy atom. The van der Waals surface area contributed by atoms with Gasteiger partial charge < -0.3 is 9.88 Å². The maximum Gasteiger partial charge on any atom is 0.141 e. The van der Waals surface area contributed by atoms with Crippen LogP contribution >= 0.6 is 15.9 Å². The molecule has 2 rings (SSSR count). The quantitative estimate of drug-likeness (QED) is 0.944. The fourth-order valence-corrected chi connectivity index (χ4v) is 2.65.